The molecule has 0 bridgehead atoms. The fourth-order valence-corrected chi connectivity index (χ4v) is 1.06. The van der Waals surface area contributed by atoms with E-state index in [0.717, 1.165) is 0 Å². The van der Waals surface area contributed by atoms with Gasteiger partial charge >= 0.3 is 0 Å². The van der Waals surface area contributed by atoms with Crippen molar-refractivity contribution in [1.82, 2.24) is 14.9 Å². The number of hydrogen-bond donors (Lipinski definition) is 2. The van der Waals surface area contributed by atoms with Gasteiger partial charge in [0.15, 0.2) is 0 Å². The molecule has 0 aliphatic heterocycles. The van der Waals surface area contributed by atoms with Crippen molar-refractivity contribution in [2.24, 2.45) is 5.73 Å². The number of nitrogens with two attached hydrogens (primary N) is 1. The van der Waals surface area contributed by atoms with Gasteiger partial charge in [-0.3, -0.25) is 4.79 Å². The van der Waals surface area contributed by atoms with Gasteiger partial charge in [0.05, 0.1) is 6.33 Å². The number of carbonyl (C=O) groups excluding carboxylic acids is 1. The van der Waals surface area contributed by atoms with E-state index in [2.05, 4.69) is 10.3 Å². The number of rotatable bonds is 5. The summed E-state index contributed by atoms with van der Waals surface area (Å²) in [5.41, 5.74) is 5.39. The van der Waals surface area contributed by atoms with Crippen molar-refractivity contribution in [3.63, 3.8) is 0 Å². The molecule has 0 fully saturated rings. The second-order valence-corrected chi connectivity index (χ2v) is 4.32. The third kappa shape index (κ3) is 8.97. The highest BCUT2D eigenvalue weighted by molar-refractivity contribution is 5.85. The Bertz CT molecular complexity index is 309. The molecule has 1 aromatic rings. The number of aromatic nitrogens is 2. The van der Waals surface area contributed by atoms with E-state index in [0.29, 0.717) is 19.5 Å². The van der Waals surface area contributed by atoms with E-state index in [1.807, 2.05) is 24.6 Å². The van der Waals surface area contributed by atoms with E-state index in [1.165, 1.54) is 0 Å². The van der Waals surface area contributed by atoms with Crippen LogP contribution in [0.15, 0.2) is 18.7 Å². The summed E-state index contributed by atoms with van der Waals surface area (Å²) in [6.07, 6.45) is 5.67. The molecule has 0 aliphatic carbocycles. The van der Waals surface area contributed by atoms with Crippen LogP contribution in [0.5, 0.6) is 0 Å². The smallest absolute Gasteiger partial charge is 0.221 e. The summed E-state index contributed by atoms with van der Waals surface area (Å²) < 4.78 is 1.87. The van der Waals surface area contributed by atoms with Crippen LogP contribution in [0, 0.1) is 0 Å². The minimum absolute atomic E-state index is 0. The minimum Gasteiger partial charge on any atom is -0.354 e. The van der Waals surface area contributed by atoms with Crippen LogP contribution >= 0.6 is 24.8 Å². The zero-order valence-corrected chi connectivity index (χ0v) is 11.7. The topological polar surface area (TPSA) is 72.9 Å². The summed E-state index contributed by atoms with van der Waals surface area (Å²) >= 11 is 0. The van der Waals surface area contributed by atoms with Crippen LogP contribution in [0.3, 0.4) is 0 Å². The first-order valence-corrected chi connectivity index (χ1v) is 4.99. The normalized spacial score (nSPS) is 10.1. The number of imidazole rings is 1. The Morgan fingerprint density at radius 3 is 2.59 bits per heavy atom. The van der Waals surface area contributed by atoms with Gasteiger partial charge in [-0.15, -0.1) is 24.8 Å². The Morgan fingerprint density at radius 2 is 2.12 bits per heavy atom. The Hall–Kier alpha value is -0.780. The molecule has 0 saturated heterocycles. The Kier molecular flexibility index (Phi) is 9.11. The highest BCUT2D eigenvalue weighted by atomic mass is 35.5. The quantitative estimate of drug-likeness (QED) is 0.845. The highest BCUT2D eigenvalue weighted by Gasteiger charge is 2.11. The lowest BCUT2D eigenvalue weighted by Crippen LogP contribution is -2.45. The maximum Gasteiger partial charge on any atom is 0.221 e. The van der Waals surface area contributed by atoms with Gasteiger partial charge in [0.25, 0.3) is 0 Å². The van der Waals surface area contributed by atoms with Crippen molar-refractivity contribution in [3.05, 3.63) is 18.7 Å². The molecule has 0 aromatic carbocycles. The molecule has 0 spiro atoms. The molecule has 1 aromatic heterocycles. The maximum atomic E-state index is 11.4. The van der Waals surface area contributed by atoms with Crippen LogP contribution in [0.25, 0.3) is 0 Å². The second kappa shape index (κ2) is 8.33. The van der Waals surface area contributed by atoms with Gasteiger partial charge in [0.2, 0.25) is 5.91 Å². The number of amides is 1. The SMILES string of the molecule is CC(C)(N)CNC(=O)CCn1ccnc1.Cl.Cl. The fraction of sp³-hybridized carbons (Fsp3) is 0.600. The average Bonchev–Trinajstić information content (AvgIpc) is 2.62. The van der Waals surface area contributed by atoms with Crippen molar-refractivity contribution < 1.29 is 4.79 Å². The standard InChI is InChI=1S/C10H18N4O.2ClH/c1-10(2,11)7-13-9(15)3-5-14-6-4-12-8-14;;/h4,6,8H,3,5,7,11H2,1-2H3,(H,13,15);2*1H. The zero-order valence-electron chi connectivity index (χ0n) is 10.0. The molecular formula is C10H20Cl2N4O. The molecule has 0 aliphatic rings. The van der Waals surface area contributed by atoms with E-state index >= 15 is 0 Å². The summed E-state index contributed by atoms with van der Waals surface area (Å²) in [4.78, 5) is 15.3. The van der Waals surface area contributed by atoms with E-state index in [1.54, 1.807) is 12.5 Å². The largest absolute Gasteiger partial charge is 0.354 e. The van der Waals surface area contributed by atoms with Crippen LogP contribution in [0.1, 0.15) is 20.3 Å². The molecule has 5 nitrogen and oxygen atoms in total. The molecule has 0 radical (unpaired) electrons. The predicted octanol–water partition coefficient (Wildman–Crippen LogP) is 0.970. The third-order valence-electron chi connectivity index (χ3n) is 1.90. The average molecular weight is 283 g/mol. The van der Waals surface area contributed by atoms with Gasteiger partial charge < -0.3 is 15.6 Å². The summed E-state index contributed by atoms with van der Waals surface area (Å²) in [7, 11) is 0. The number of carbonyl (C=O) groups is 1. The van der Waals surface area contributed by atoms with Gasteiger partial charge in [-0.2, -0.15) is 0 Å². The molecule has 1 amide bonds. The number of nitrogens with zero attached hydrogens (tertiary/aromatic N) is 2. The zero-order chi connectivity index (χ0) is 11.3. The lowest BCUT2D eigenvalue weighted by atomic mass is 10.1. The van der Waals surface area contributed by atoms with E-state index in [4.69, 9.17) is 5.73 Å². The van der Waals surface area contributed by atoms with E-state index in [-0.39, 0.29) is 36.3 Å². The van der Waals surface area contributed by atoms with Gasteiger partial charge in [0.1, 0.15) is 0 Å². The van der Waals surface area contributed by atoms with Crippen molar-refractivity contribution in [2.75, 3.05) is 6.54 Å². The fourth-order valence-electron chi connectivity index (χ4n) is 1.06. The van der Waals surface area contributed by atoms with Crippen molar-refractivity contribution in [1.29, 1.82) is 0 Å². The van der Waals surface area contributed by atoms with Crippen LogP contribution in [-0.2, 0) is 11.3 Å². The van der Waals surface area contributed by atoms with Crippen LogP contribution in [0.2, 0.25) is 0 Å². The molecular weight excluding hydrogens is 263 g/mol. The summed E-state index contributed by atoms with van der Waals surface area (Å²) in [6.45, 7) is 4.90. The van der Waals surface area contributed by atoms with E-state index < -0.39 is 0 Å². The predicted molar refractivity (Wildman–Crippen MR) is 72.6 cm³/mol. The summed E-state index contributed by atoms with van der Waals surface area (Å²) in [5.74, 6) is 0.0159. The molecule has 1 heterocycles. The number of hydrogen-bond acceptors (Lipinski definition) is 3. The first kappa shape index (κ1) is 18.6. The molecule has 0 unspecified atom stereocenters. The number of nitrogens with one attached hydrogen (secondary N) is 1. The lowest BCUT2D eigenvalue weighted by molar-refractivity contribution is -0.121. The van der Waals surface area contributed by atoms with Crippen LogP contribution in [0.4, 0.5) is 0 Å². The number of aryl methyl sites for hydroxylation is 1. The van der Waals surface area contributed by atoms with Crippen LogP contribution < -0.4 is 11.1 Å². The molecule has 17 heavy (non-hydrogen) atoms. The first-order chi connectivity index (χ1) is 6.97. The number of halogens is 2. The van der Waals surface area contributed by atoms with Crippen LogP contribution in [-0.4, -0.2) is 27.5 Å². The van der Waals surface area contributed by atoms with E-state index in [9.17, 15) is 4.79 Å². The third-order valence-corrected chi connectivity index (χ3v) is 1.90. The molecule has 0 atom stereocenters. The van der Waals surface area contributed by atoms with Gasteiger partial charge in [0, 0.05) is 37.4 Å². The Morgan fingerprint density at radius 1 is 1.47 bits per heavy atom. The van der Waals surface area contributed by atoms with Gasteiger partial charge in [-0.25, -0.2) is 4.98 Å². The van der Waals surface area contributed by atoms with Gasteiger partial charge in [-0.05, 0) is 13.8 Å². The molecule has 0 saturated carbocycles. The van der Waals surface area contributed by atoms with Crippen molar-refractivity contribution in [2.45, 2.75) is 32.4 Å². The highest BCUT2D eigenvalue weighted by Crippen LogP contribution is 1.94. The maximum absolute atomic E-state index is 11.4. The molecule has 100 valence electrons. The van der Waals surface area contributed by atoms with Gasteiger partial charge in [-0.1, -0.05) is 0 Å². The molecule has 1 rings (SSSR count). The molecule has 3 N–H and O–H groups in total. The monoisotopic (exact) mass is 282 g/mol. The second-order valence-electron chi connectivity index (χ2n) is 4.32. The molecule has 7 heteroatoms. The first-order valence-electron chi connectivity index (χ1n) is 4.99. The van der Waals surface area contributed by atoms with Crippen molar-refractivity contribution >= 4 is 30.7 Å². The Balaban J connectivity index is 0. The Labute approximate surface area is 114 Å². The summed E-state index contributed by atoms with van der Waals surface area (Å²) in [6, 6.07) is 0. The lowest BCUT2D eigenvalue weighted by Gasteiger charge is -2.18. The van der Waals surface area contributed by atoms with Crippen molar-refractivity contribution in [3.8, 4) is 0 Å². The summed E-state index contributed by atoms with van der Waals surface area (Å²) in [5, 5.41) is 2.79. The minimum atomic E-state index is -0.356.